The zero-order chi connectivity index (χ0) is 38.8. The first kappa shape index (κ1) is 35.5. The molecule has 2 aliphatic heterocycles. The SMILES string of the molecule is CC(C)(C#N)CCCOc1ccc(-c2c3nc(c(-c4ccccc4)c4ccc([nH]4)c(-c4ccccc4)c4nc(c(-c5ccccc5)c5ccc2[nH]5)C=C4)C=C3)cc1. The highest BCUT2D eigenvalue weighted by Gasteiger charge is 2.19. The molecule has 0 unspecified atom stereocenters. The van der Waals surface area contributed by atoms with Crippen molar-refractivity contribution in [2.45, 2.75) is 26.7 Å². The summed E-state index contributed by atoms with van der Waals surface area (Å²) in [5.41, 5.74) is 15.2. The van der Waals surface area contributed by atoms with Crippen LogP contribution in [-0.2, 0) is 0 Å². The first-order chi connectivity index (χ1) is 27.9. The molecule has 0 aliphatic carbocycles. The van der Waals surface area contributed by atoms with E-state index < -0.39 is 0 Å². The predicted octanol–water partition coefficient (Wildman–Crippen LogP) is 13.0. The number of benzene rings is 4. The first-order valence-corrected chi connectivity index (χ1v) is 19.4. The van der Waals surface area contributed by atoms with E-state index in [2.05, 4.69) is 150 Å². The van der Waals surface area contributed by atoms with Gasteiger partial charge in [-0.2, -0.15) is 5.26 Å². The number of fused-ring (bicyclic) bond motifs is 8. The van der Waals surface area contributed by atoms with E-state index in [1.807, 2.05) is 44.2 Å². The van der Waals surface area contributed by atoms with Gasteiger partial charge in [-0.15, -0.1) is 0 Å². The van der Waals surface area contributed by atoms with Crippen molar-refractivity contribution < 1.29 is 4.74 Å². The van der Waals surface area contributed by atoms with Gasteiger partial charge in [0.15, 0.2) is 0 Å². The molecule has 5 heterocycles. The number of nitrogens with zero attached hydrogens (tertiary/aromatic N) is 3. The molecule has 0 radical (unpaired) electrons. The molecule has 0 spiro atoms. The summed E-state index contributed by atoms with van der Waals surface area (Å²) in [7, 11) is 0. The third-order valence-corrected chi connectivity index (χ3v) is 10.6. The average Bonchev–Trinajstić information content (AvgIpc) is 4.10. The Kier molecular flexibility index (Phi) is 9.41. The maximum absolute atomic E-state index is 9.41. The van der Waals surface area contributed by atoms with Crippen LogP contribution in [0.5, 0.6) is 5.75 Å². The Hall–Kier alpha value is -7.23. The second-order valence-corrected chi connectivity index (χ2v) is 15.1. The Bertz CT molecular complexity index is 2820. The fraction of sp³-hybridized carbons (Fsp3) is 0.118. The van der Waals surface area contributed by atoms with Crippen LogP contribution in [0.25, 0.3) is 90.9 Å². The Morgan fingerprint density at radius 3 is 1.19 bits per heavy atom. The van der Waals surface area contributed by atoms with E-state index in [1.165, 1.54) is 0 Å². The topological polar surface area (TPSA) is 90.4 Å². The normalized spacial score (nSPS) is 12.1. The van der Waals surface area contributed by atoms with Crippen molar-refractivity contribution >= 4 is 46.4 Å². The molecule has 7 aromatic rings. The minimum Gasteiger partial charge on any atom is -0.494 e. The highest BCUT2D eigenvalue weighted by atomic mass is 16.5. The van der Waals surface area contributed by atoms with E-state index in [0.717, 1.165) is 108 Å². The van der Waals surface area contributed by atoms with Gasteiger partial charge in [0.25, 0.3) is 0 Å². The lowest BCUT2D eigenvalue weighted by Crippen LogP contribution is -2.10. The van der Waals surface area contributed by atoms with Crippen LogP contribution in [0, 0.1) is 16.7 Å². The molecule has 4 aromatic carbocycles. The highest BCUT2D eigenvalue weighted by molar-refractivity contribution is 5.99. The molecule has 0 atom stereocenters. The van der Waals surface area contributed by atoms with Crippen molar-refractivity contribution in [3.05, 3.63) is 162 Å². The summed E-state index contributed by atoms with van der Waals surface area (Å²) in [4.78, 5) is 18.4. The monoisotopic (exact) mass is 739 g/mol. The van der Waals surface area contributed by atoms with E-state index in [4.69, 9.17) is 14.7 Å². The number of aromatic amines is 2. The van der Waals surface area contributed by atoms with Crippen LogP contribution in [0.1, 0.15) is 49.5 Å². The van der Waals surface area contributed by atoms with Crippen molar-refractivity contribution in [2.75, 3.05) is 6.61 Å². The maximum atomic E-state index is 9.41. The molecule has 8 bridgehead atoms. The molecule has 0 saturated carbocycles. The lowest BCUT2D eigenvalue weighted by molar-refractivity contribution is 0.284. The zero-order valence-electron chi connectivity index (χ0n) is 32.0. The number of hydrogen-bond acceptors (Lipinski definition) is 4. The van der Waals surface area contributed by atoms with Crippen LogP contribution < -0.4 is 4.74 Å². The lowest BCUT2D eigenvalue weighted by Gasteiger charge is -2.15. The molecular formula is C51H41N5O. The Balaban J connectivity index is 1.31. The van der Waals surface area contributed by atoms with Crippen LogP contribution >= 0.6 is 0 Å². The van der Waals surface area contributed by atoms with Crippen LogP contribution in [0.4, 0.5) is 0 Å². The second-order valence-electron chi connectivity index (χ2n) is 15.1. The molecule has 57 heavy (non-hydrogen) atoms. The summed E-state index contributed by atoms with van der Waals surface area (Å²) in [5.74, 6) is 0.789. The number of nitriles is 1. The largest absolute Gasteiger partial charge is 0.494 e. The van der Waals surface area contributed by atoms with E-state index in [1.54, 1.807) is 0 Å². The molecule has 0 fully saturated rings. The summed E-state index contributed by atoms with van der Waals surface area (Å²) in [6.45, 7) is 4.48. The highest BCUT2D eigenvalue weighted by Crippen LogP contribution is 2.38. The quantitative estimate of drug-likeness (QED) is 0.144. The van der Waals surface area contributed by atoms with Crippen LogP contribution in [0.2, 0.25) is 0 Å². The van der Waals surface area contributed by atoms with Gasteiger partial charge in [-0.25, -0.2) is 9.97 Å². The Morgan fingerprint density at radius 1 is 0.491 bits per heavy atom. The van der Waals surface area contributed by atoms with Crippen molar-refractivity contribution in [3.63, 3.8) is 0 Å². The zero-order valence-corrected chi connectivity index (χ0v) is 32.0. The molecule has 0 amide bonds. The number of H-pyrrole nitrogens is 2. The summed E-state index contributed by atoms with van der Waals surface area (Å²) in [5, 5.41) is 9.41. The molecule has 2 aliphatic rings. The minimum atomic E-state index is -0.363. The number of ether oxygens (including phenoxy) is 1. The number of rotatable bonds is 9. The fourth-order valence-corrected chi connectivity index (χ4v) is 7.71. The molecule has 2 N–H and O–H groups in total. The van der Waals surface area contributed by atoms with Crippen molar-refractivity contribution in [3.8, 4) is 56.3 Å². The van der Waals surface area contributed by atoms with Crippen molar-refractivity contribution in [1.29, 1.82) is 5.26 Å². The predicted molar refractivity (Wildman–Crippen MR) is 235 cm³/mol. The van der Waals surface area contributed by atoms with Gasteiger partial charge in [0.05, 0.1) is 40.9 Å². The molecule has 0 saturated heterocycles. The number of aromatic nitrogens is 4. The molecule has 3 aromatic heterocycles. The second kappa shape index (κ2) is 15.1. The molecule has 6 heteroatoms. The van der Waals surface area contributed by atoms with E-state index in [0.29, 0.717) is 6.61 Å². The van der Waals surface area contributed by atoms with Gasteiger partial charge in [0.1, 0.15) is 5.75 Å². The van der Waals surface area contributed by atoms with E-state index in [-0.39, 0.29) is 5.41 Å². The van der Waals surface area contributed by atoms with Gasteiger partial charge >= 0.3 is 0 Å². The third-order valence-electron chi connectivity index (χ3n) is 10.6. The van der Waals surface area contributed by atoms with Gasteiger partial charge in [0, 0.05) is 44.3 Å². The van der Waals surface area contributed by atoms with Crippen molar-refractivity contribution in [2.24, 2.45) is 5.41 Å². The third kappa shape index (κ3) is 7.19. The summed E-state index contributed by atoms with van der Waals surface area (Å²) >= 11 is 0. The van der Waals surface area contributed by atoms with E-state index in [9.17, 15) is 5.26 Å². The Labute approximate surface area is 332 Å². The van der Waals surface area contributed by atoms with Gasteiger partial charge in [-0.05, 0) is 110 Å². The summed E-state index contributed by atoms with van der Waals surface area (Å²) in [6, 6.07) is 50.6. The summed E-state index contributed by atoms with van der Waals surface area (Å²) in [6.07, 6.45) is 10.1. The molecular weight excluding hydrogens is 699 g/mol. The maximum Gasteiger partial charge on any atom is 0.119 e. The molecule has 276 valence electrons. The summed E-state index contributed by atoms with van der Waals surface area (Å²) < 4.78 is 6.13. The van der Waals surface area contributed by atoms with Gasteiger partial charge in [0.2, 0.25) is 0 Å². The van der Waals surface area contributed by atoms with Crippen LogP contribution in [0.15, 0.2) is 140 Å². The average molecular weight is 740 g/mol. The molecule has 6 nitrogen and oxygen atoms in total. The van der Waals surface area contributed by atoms with Crippen molar-refractivity contribution in [1.82, 2.24) is 19.9 Å². The number of nitrogens with one attached hydrogen (secondary N) is 2. The standard InChI is InChI=1S/C51H41N5O/c1-51(2,33-52)31-12-32-57-38-21-19-37(20-22-38)50-45-29-27-43(55-45)48(35-15-8-4-9-16-35)41-25-23-39(53-41)47(34-13-6-3-7-14-34)40-24-26-42(54-40)49(36-17-10-5-11-18-36)44-28-30-46(50)56-44/h3-11,13-30,53,56H,12,31-32H2,1-2H3. The lowest BCUT2D eigenvalue weighted by atomic mass is 9.90. The van der Waals surface area contributed by atoms with Gasteiger partial charge in [-0.1, -0.05) is 103 Å². The fourth-order valence-electron chi connectivity index (χ4n) is 7.71. The van der Waals surface area contributed by atoms with Crippen LogP contribution in [0.3, 0.4) is 0 Å². The Morgan fingerprint density at radius 2 is 0.842 bits per heavy atom. The van der Waals surface area contributed by atoms with E-state index >= 15 is 0 Å². The number of hydrogen-bond donors (Lipinski definition) is 2. The minimum absolute atomic E-state index is 0.363. The van der Waals surface area contributed by atoms with Gasteiger partial charge < -0.3 is 14.7 Å². The van der Waals surface area contributed by atoms with Crippen LogP contribution in [-0.4, -0.2) is 26.5 Å². The van der Waals surface area contributed by atoms with Gasteiger partial charge in [-0.3, -0.25) is 0 Å². The first-order valence-electron chi connectivity index (χ1n) is 19.4. The smallest absolute Gasteiger partial charge is 0.119 e. The molecule has 9 rings (SSSR count).